The van der Waals surface area contributed by atoms with Crippen LogP contribution in [0.2, 0.25) is 0 Å². The molecule has 0 aromatic heterocycles. The van der Waals surface area contributed by atoms with E-state index in [-0.39, 0.29) is 0 Å². The van der Waals surface area contributed by atoms with Gasteiger partial charge in [0.2, 0.25) is 0 Å². The van der Waals surface area contributed by atoms with E-state index in [9.17, 15) is 8.42 Å². The summed E-state index contributed by atoms with van der Waals surface area (Å²) >= 11 is 0. The largest absolute Gasteiger partial charge is 0.357 e. The molecule has 0 saturated carbocycles. The van der Waals surface area contributed by atoms with Crippen LogP contribution in [0, 0.1) is 5.92 Å². The van der Waals surface area contributed by atoms with Gasteiger partial charge in [0, 0.05) is 25.4 Å². The average Bonchev–Trinajstić information content (AvgIpc) is 2.53. The number of rotatable bonds is 9. The van der Waals surface area contributed by atoms with Crippen molar-refractivity contribution in [3.05, 3.63) is 29.8 Å². The van der Waals surface area contributed by atoms with E-state index in [2.05, 4.69) is 43.3 Å². The van der Waals surface area contributed by atoms with Crippen molar-refractivity contribution in [3.8, 4) is 0 Å². The first-order chi connectivity index (χ1) is 11.7. The van der Waals surface area contributed by atoms with E-state index in [4.69, 9.17) is 0 Å². The molecule has 0 aliphatic carbocycles. The van der Waals surface area contributed by atoms with E-state index in [1.165, 1.54) is 12.7 Å². The van der Waals surface area contributed by atoms with Gasteiger partial charge in [0.1, 0.15) is 0 Å². The quantitative estimate of drug-likeness (QED) is 0.520. The maximum Gasteiger partial charge on any atom is 0.191 e. The SMILES string of the molecule is CCNC(=NCCc1ccc(S(C)(=O)=O)cc1)NC(C)CCC(C)C. The highest BCUT2D eigenvalue weighted by atomic mass is 32.2. The zero-order chi connectivity index (χ0) is 18.9. The van der Waals surface area contributed by atoms with E-state index in [0.717, 1.165) is 30.9 Å². The molecule has 1 unspecified atom stereocenters. The molecule has 0 spiro atoms. The van der Waals surface area contributed by atoms with Crippen LogP contribution in [0.1, 0.15) is 46.1 Å². The van der Waals surface area contributed by atoms with Gasteiger partial charge in [0.05, 0.1) is 4.90 Å². The number of hydrogen-bond donors (Lipinski definition) is 2. The highest BCUT2D eigenvalue weighted by molar-refractivity contribution is 7.90. The van der Waals surface area contributed by atoms with Crippen LogP contribution in [0.4, 0.5) is 0 Å². The molecule has 1 aromatic rings. The Morgan fingerprint density at radius 2 is 1.76 bits per heavy atom. The summed E-state index contributed by atoms with van der Waals surface area (Å²) < 4.78 is 23.0. The summed E-state index contributed by atoms with van der Waals surface area (Å²) in [5.41, 5.74) is 1.08. The lowest BCUT2D eigenvalue weighted by Gasteiger charge is -2.18. The predicted octanol–water partition coefficient (Wildman–Crippen LogP) is 3.01. The van der Waals surface area contributed by atoms with Gasteiger partial charge in [-0.3, -0.25) is 4.99 Å². The van der Waals surface area contributed by atoms with Gasteiger partial charge in [-0.2, -0.15) is 0 Å². The molecule has 0 bridgehead atoms. The summed E-state index contributed by atoms with van der Waals surface area (Å²) in [6.07, 6.45) is 4.32. The molecule has 1 rings (SSSR count). The standard InChI is InChI=1S/C19H33N3O2S/c1-6-20-19(22-16(4)8-7-15(2)3)21-14-13-17-9-11-18(12-10-17)25(5,23)24/h9-12,15-16H,6-8,13-14H2,1-5H3,(H2,20,21,22). The predicted molar refractivity (Wildman–Crippen MR) is 106 cm³/mol. The van der Waals surface area contributed by atoms with Gasteiger partial charge in [-0.1, -0.05) is 26.0 Å². The molecule has 0 amide bonds. The molecule has 5 nitrogen and oxygen atoms in total. The number of benzene rings is 1. The van der Waals surface area contributed by atoms with Gasteiger partial charge in [0.25, 0.3) is 0 Å². The monoisotopic (exact) mass is 367 g/mol. The highest BCUT2D eigenvalue weighted by Crippen LogP contribution is 2.11. The van der Waals surface area contributed by atoms with Crippen molar-refractivity contribution >= 4 is 15.8 Å². The first kappa shape index (κ1) is 21.5. The van der Waals surface area contributed by atoms with E-state index in [1.54, 1.807) is 12.1 Å². The number of sulfone groups is 1. The van der Waals surface area contributed by atoms with Crippen LogP contribution < -0.4 is 10.6 Å². The molecule has 6 heteroatoms. The van der Waals surface area contributed by atoms with Crippen LogP contribution in [0.25, 0.3) is 0 Å². The molecule has 1 atom stereocenters. The summed E-state index contributed by atoms with van der Waals surface area (Å²) in [6.45, 7) is 10.2. The minimum absolute atomic E-state index is 0.355. The van der Waals surface area contributed by atoms with Crippen molar-refractivity contribution in [1.82, 2.24) is 10.6 Å². The van der Waals surface area contributed by atoms with Crippen molar-refractivity contribution in [1.29, 1.82) is 0 Å². The van der Waals surface area contributed by atoms with E-state index in [0.29, 0.717) is 23.4 Å². The lowest BCUT2D eigenvalue weighted by Crippen LogP contribution is -2.42. The second kappa shape index (κ2) is 10.4. The zero-order valence-corrected chi connectivity index (χ0v) is 17.0. The lowest BCUT2D eigenvalue weighted by atomic mass is 10.0. The summed E-state index contributed by atoms with van der Waals surface area (Å²) in [5.74, 6) is 1.55. The van der Waals surface area contributed by atoms with Gasteiger partial charge in [-0.15, -0.1) is 0 Å². The maximum absolute atomic E-state index is 11.5. The molecule has 0 aliphatic rings. The van der Waals surface area contributed by atoms with E-state index >= 15 is 0 Å². The van der Waals surface area contributed by atoms with E-state index < -0.39 is 9.84 Å². The van der Waals surface area contributed by atoms with Gasteiger partial charge in [-0.05, 0) is 56.7 Å². The van der Waals surface area contributed by atoms with Crippen LogP contribution >= 0.6 is 0 Å². The Labute approximate surface area is 153 Å². The van der Waals surface area contributed by atoms with Crippen LogP contribution in [0.15, 0.2) is 34.2 Å². The van der Waals surface area contributed by atoms with Crippen LogP contribution in [-0.4, -0.2) is 39.8 Å². The average molecular weight is 368 g/mol. The first-order valence-corrected chi connectivity index (χ1v) is 10.9. The summed E-state index contributed by atoms with van der Waals surface area (Å²) in [6, 6.07) is 7.42. The molecule has 0 aliphatic heterocycles. The Bertz CT molecular complexity index is 637. The van der Waals surface area contributed by atoms with Crippen molar-refractivity contribution in [2.75, 3.05) is 19.3 Å². The number of hydrogen-bond acceptors (Lipinski definition) is 3. The lowest BCUT2D eigenvalue weighted by molar-refractivity contribution is 0.489. The minimum Gasteiger partial charge on any atom is -0.357 e. The highest BCUT2D eigenvalue weighted by Gasteiger charge is 2.07. The molecule has 1 aromatic carbocycles. The molecule has 0 radical (unpaired) electrons. The molecular formula is C19H33N3O2S. The summed E-state index contributed by atoms with van der Waals surface area (Å²) in [5, 5.41) is 6.72. The second-order valence-corrected chi connectivity index (χ2v) is 8.96. The number of guanidine groups is 1. The molecule has 2 N–H and O–H groups in total. The van der Waals surface area contributed by atoms with Crippen LogP contribution in [0.3, 0.4) is 0 Å². The number of nitrogens with zero attached hydrogens (tertiary/aromatic N) is 1. The Hall–Kier alpha value is -1.56. The smallest absolute Gasteiger partial charge is 0.191 e. The Balaban J connectivity index is 2.57. The Morgan fingerprint density at radius 1 is 1.12 bits per heavy atom. The molecule has 0 saturated heterocycles. The molecule has 142 valence electrons. The van der Waals surface area contributed by atoms with Crippen LogP contribution in [0.5, 0.6) is 0 Å². The summed E-state index contributed by atoms with van der Waals surface area (Å²) in [4.78, 5) is 4.98. The maximum atomic E-state index is 11.5. The van der Waals surface area contributed by atoms with Gasteiger partial charge >= 0.3 is 0 Å². The van der Waals surface area contributed by atoms with Gasteiger partial charge in [-0.25, -0.2) is 8.42 Å². The Morgan fingerprint density at radius 3 is 2.28 bits per heavy atom. The fourth-order valence-corrected chi connectivity index (χ4v) is 3.04. The van der Waals surface area contributed by atoms with Gasteiger partial charge in [0.15, 0.2) is 15.8 Å². The topological polar surface area (TPSA) is 70.6 Å². The third-order valence-corrected chi connectivity index (χ3v) is 5.05. The fourth-order valence-electron chi connectivity index (χ4n) is 2.41. The zero-order valence-electron chi connectivity index (χ0n) is 16.2. The molecular weight excluding hydrogens is 334 g/mol. The van der Waals surface area contributed by atoms with Crippen molar-refractivity contribution in [2.45, 2.75) is 57.9 Å². The fraction of sp³-hybridized carbons (Fsp3) is 0.632. The number of aliphatic imine (C=N–C) groups is 1. The minimum atomic E-state index is -3.13. The van der Waals surface area contributed by atoms with Crippen molar-refractivity contribution in [3.63, 3.8) is 0 Å². The number of nitrogens with one attached hydrogen (secondary N) is 2. The molecule has 0 fully saturated rings. The normalized spacial score (nSPS) is 13.8. The third kappa shape index (κ3) is 8.91. The molecule has 0 heterocycles. The third-order valence-electron chi connectivity index (χ3n) is 3.93. The van der Waals surface area contributed by atoms with Crippen molar-refractivity contribution < 1.29 is 8.42 Å². The second-order valence-electron chi connectivity index (χ2n) is 6.94. The summed E-state index contributed by atoms with van der Waals surface area (Å²) in [7, 11) is -3.13. The Kier molecular flexibility index (Phi) is 8.97. The van der Waals surface area contributed by atoms with Gasteiger partial charge < -0.3 is 10.6 Å². The van der Waals surface area contributed by atoms with Crippen LogP contribution in [-0.2, 0) is 16.3 Å². The van der Waals surface area contributed by atoms with Crippen molar-refractivity contribution in [2.24, 2.45) is 10.9 Å². The first-order valence-electron chi connectivity index (χ1n) is 9.06. The van der Waals surface area contributed by atoms with E-state index in [1.807, 2.05) is 12.1 Å². The molecule has 25 heavy (non-hydrogen) atoms.